The molecule has 2 aromatic rings. The third kappa shape index (κ3) is 3.91. The summed E-state index contributed by atoms with van der Waals surface area (Å²) < 4.78 is 6.05. The van der Waals surface area contributed by atoms with E-state index in [1.807, 2.05) is 42.5 Å². The first-order valence-corrected chi connectivity index (χ1v) is 7.93. The topological polar surface area (TPSA) is 9.23 Å². The Kier molecular flexibility index (Phi) is 4.87. The summed E-state index contributed by atoms with van der Waals surface area (Å²) in [6.45, 7) is 0. The van der Waals surface area contributed by atoms with E-state index in [-0.39, 0.29) is 0 Å². The van der Waals surface area contributed by atoms with E-state index in [1.165, 1.54) is 4.88 Å². The Morgan fingerprint density at radius 1 is 1.06 bits per heavy atom. The van der Waals surface area contributed by atoms with E-state index in [2.05, 4.69) is 12.2 Å². The molecule has 0 N–H and O–H groups in total. The van der Waals surface area contributed by atoms with E-state index in [4.69, 9.17) is 17.0 Å². The van der Waals surface area contributed by atoms with Gasteiger partial charge in [-0.15, -0.1) is 0 Å². The van der Waals surface area contributed by atoms with Crippen molar-refractivity contribution in [3.8, 4) is 5.75 Å². The van der Waals surface area contributed by atoms with Crippen LogP contribution in [0.15, 0.2) is 42.5 Å². The van der Waals surface area contributed by atoms with Crippen molar-refractivity contribution in [3.63, 3.8) is 0 Å². The zero-order valence-electron chi connectivity index (χ0n) is 9.83. The summed E-state index contributed by atoms with van der Waals surface area (Å²) in [6.07, 6.45) is 8.17. The van der Waals surface area contributed by atoms with Crippen LogP contribution >= 0.6 is 32.9 Å². The summed E-state index contributed by atoms with van der Waals surface area (Å²) >= 11 is 5.08. The van der Waals surface area contributed by atoms with Crippen LogP contribution in [0.3, 0.4) is 0 Å². The maximum absolute atomic E-state index is 5.11. The van der Waals surface area contributed by atoms with Gasteiger partial charge in [0.2, 0.25) is 0 Å². The van der Waals surface area contributed by atoms with Gasteiger partial charge in [-0.05, 0) is 29.8 Å². The molecule has 0 bridgehead atoms. The van der Waals surface area contributed by atoms with Crippen LogP contribution in [0.2, 0.25) is 0 Å². The molecule has 0 aliphatic heterocycles. The average molecular weight is 292 g/mol. The van der Waals surface area contributed by atoms with Gasteiger partial charge in [0.05, 0.1) is 7.11 Å². The van der Waals surface area contributed by atoms with Crippen molar-refractivity contribution < 1.29 is 4.74 Å². The van der Waals surface area contributed by atoms with Crippen molar-refractivity contribution >= 4 is 45.1 Å². The lowest BCUT2D eigenvalue weighted by Crippen LogP contribution is -1.81. The van der Waals surface area contributed by atoms with E-state index < -0.39 is 0 Å². The Hall–Kier alpha value is -1.23. The quantitative estimate of drug-likeness (QED) is 0.431. The molecule has 92 valence electrons. The number of ether oxygens (including phenoxy) is 1. The van der Waals surface area contributed by atoms with Gasteiger partial charge in [-0.2, -0.15) is 0 Å². The Labute approximate surface area is 119 Å². The van der Waals surface area contributed by atoms with Crippen LogP contribution in [0.5, 0.6) is 5.75 Å². The molecule has 0 unspecified atom stereocenters. The van der Waals surface area contributed by atoms with Gasteiger partial charge in [0.1, 0.15) is 9.57 Å². The van der Waals surface area contributed by atoms with Crippen molar-refractivity contribution in [2.24, 2.45) is 0 Å². The molecule has 1 heterocycles. The van der Waals surface area contributed by atoms with E-state index in [0.29, 0.717) is 0 Å². The van der Waals surface area contributed by atoms with Crippen molar-refractivity contribution in [1.82, 2.24) is 0 Å². The fraction of sp³-hybridized carbons (Fsp3) is 0.0714. The van der Waals surface area contributed by atoms with Gasteiger partial charge in [-0.1, -0.05) is 63.3 Å². The zero-order chi connectivity index (χ0) is 12.8. The van der Waals surface area contributed by atoms with Gasteiger partial charge in [0.25, 0.3) is 0 Å². The zero-order valence-corrected chi connectivity index (χ0v) is 12.3. The minimum Gasteiger partial charge on any atom is -0.497 e. The highest BCUT2D eigenvalue weighted by Crippen LogP contribution is 2.19. The van der Waals surface area contributed by atoms with Crippen molar-refractivity contribution in [2.75, 3.05) is 7.11 Å². The van der Waals surface area contributed by atoms with E-state index in [9.17, 15) is 0 Å². The maximum atomic E-state index is 5.11. The molecule has 18 heavy (non-hydrogen) atoms. The highest BCUT2D eigenvalue weighted by Gasteiger charge is 1.90. The number of rotatable bonds is 4. The van der Waals surface area contributed by atoms with E-state index in [1.54, 1.807) is 27.8 Å². The Morgan fingerprint density at radius 3 is 2.39 bits per heavy atom. The molecule has 0 saturated heterocycles. The van der Waals surface area contributed by atoms with Crippen LogP contribution < -0.4 is 4.74 Å². The molecule has 0 fully saturated rings. The average Bonchev–Trinajstić information content (AvgIpc) is 2.81. The van der Waals surface area contributed by atoms with Gasteiger partial charge in [-0.25, -0.2) is 0 Å². The normalized spacial score (nSPS) is 11.4. The van der Waals surface area contributed by atoms with Crippen LogP contribution in [0.25, 0.3) is 12.2 Å². The lowest BCUT2D eigenvalue weighted by molar-refractivity contribution is 0.415. The molecule has 0 aliphatic rings. The largest absolute Gasteiger partial charge is 0.497 e. The molecular formula is C14H12OS3. The fourth-order valence-corrected chi connectivity index (χ4v) is 3.59. The Bertz CT molecular complexity index is 602. The molecule has 0 aliphatic carbocycles. The van der Waals surface area contributed by atoms with Crippen molar-refractivity contribution in [2.45, 2.75) is 0 Å². The summed E-state index contributed by atoms with van der Waals surface area (Å²) in [5.74, 6) is 0.876. The molecule has 0 spiro atoms. The summed E-state index contributed by atoms with van der Waals surface area (Å²) in [6, 6.07) is 9.97. The van der Waals surface area contributed by atoms with Gasteiger partial charge in [0, 0.05) is 4.88 Å². The minimum atomic E-state index is 0.876. The monoisotopic (exact) mass is 292 g/mol. The van der Waals surface area contributed by atoms with Crippen molar-refractivity contribution in [1.29, 1.82) is 0 Å². The summed E-state index contributed by atoms with van der Waals surface area (Å²) in [4.78, 5) is 1.20. The SMILES string of the molecule is COc1ccc(/C=C/C=C/c2cc(=S)ss2)cc1. The molecule has 0 saturated carbocycles. The summed E-state index contributed by atoms with van der Waals surface area (Å²) in [7, 11) is 5.00. The molecule has 0 atom stereocenters. The summed E-state index contributed by atoms with van der Waals surface area (Å²) in [5, 5.41) is 0. The second-order valence-corrected chi connectivity index (χ2v) is 6.47. The molecule has 0 radical (unpaired) electrons. The van der Waals surface area contributed by atoms with E-state index in [0.717, 1.165) is 15.1 Å². The highest BCUT2D eigenvalue weighted by molar-refractivity contribution is 7.79. The second kappa shape index (κ2) is 6.64. The molecular weight excluding hydrogens is 280 g/mol. The molecule has 0 amide bonds. The Balaban J connectivity index is 1.98. The first-order chi connectivity index (χ1) is 8.78. The van der Waals surface area contributed by atoms with Gasteiger partial charge >= 0.3 is 0 Å². The van der Waals surface area contributed by atoms with Crippen LogP contribution in [-0.4, -0.2) is 7.11 Å². The number of benzene rings is 1. The predicted molar refractivity (Wildman–Crippen MR) is 84.1 cm³/mol. The number of allylic oxidation sites excluding steroid dienone is 2. The van der Waals surface area contributed by atoms with Crippen LogP contribution in [0.4, 0.5) is 0 Å². The lowest BCUT2D eigenvalue weighted by Gasteiger charge is -1.98. The lowest BCUT2D eigenvalue weighted by atomic mass is 10.2. The molecule has 4 heteroatoms. The predicted octanol–water partition coefficient (Wildman–Crippen LogP) is 5.27. The number of methoxy groups -OCH3 is 1. The smallest absolute Gasteiger partial charge is 0.118 e. The van der Waals surface area contributed by atoms with Gasteiger partial charge in [0.15, 0.2) is 0 Å². The third-order valence-electron chi connectivity index (χ3n) is 2.26. The van der Waals surface area contributed by atoms with E-state index >= 15 is 0 Å². The number of hydrogen-bond donors (Lipinski definition) is 0. The number of hydrogen-bond acceptors (Lipinski definition) is 4. The summed E-state index contributed by atoms with van der Waals surface area (Å²) in [5.41, 5.74) is 1.15. The van der Waals surface area contributed by atoms with Crippen LogP contribution in [0.1, 0.15) is 10.4 Å². The fourth-order valence-electron chi connectivity index (χ4n) is 1.36. The van der Waals surface area contributed by atoms with Gasteiger partial charge in [-0.3, -0.25) is 0 Å². The molecule has 1 aromatic carbocycles. The molecule has 2 rings (SSSR count). The maximum Gasteiger partial charge on any atom is 0.118 e. The standard InChI is InChI=1S/C14H12OS3/c1-15-12-8-6-11(7-9-12)4-2-3-5-13-10-14(16)18-17-13/h2-10H,1H3/b4-2+,5-3+. The third-order valence-corrected chi connectivity index (χ3v) is 5.12. The molecule has 1 aromatic heterocycles. The highest BCUT2D eigenvalue weighted by atomic mass is 32.9. The first kappa shape index (κ1) is 13.2. The molecule has 1 nitrogen and oxygen atoms in total. The Morgan fingerprint density at radius 2 is 1.78 bits per heavy atom. The van der Waals surface area contributed by atoms with Crippen molar-refractivity contribution in [3.05, 3.63) is 56.7 Å². The second-order valence-electron chi connectivity index (χ2n) is 3.52. The van der Waals surface area contributed by atoms with Crippen LogP contribution in [-0.2, 0) is 0 Å². The first-order valence-electron chi connectivity index (χ1n) is 5.37. The van der Waals surface area contributed by atoms with Crippen LogP contribution in [0, 0.1) is 3.82 Å². The van der Waals surface area contributed by atoms with Gasteiger partial charge < -0.3 is 4.74 Å². The minimum absolute atomic E-state index is 0.876.